The van der Waals surface area contributed by atoms with E-state index in [0.29, 0.717) is 18.9 Å². The van der Waals surface area contributed by atoms with Gasteiger partial charge in [-0.2, -0.15) is 0 Å². The summed E-state index contributed by atoms with van der Waals surface area (Å²) in [5.74, 6) is -0.582. The third-order valence-corrected chi connectivity index (χ3v) is 9.21. The monoisotopic (exact) mass is 422 g/mol. The third-order valence-electron chi connectivity index (χ3n) is 8.78. The highest BCUT2D eigenvalue weighted by atomic mass is 35.5. The third kappa shape index (κ3) is 2.07. The van der Waals surface area contributed by atoms with Gasteiger partial charge < -0.3 is 23.4 Å². The van der Waals surface area contributed by atoms with Gasteiger partial charge in [-0.05, 0) is 37.2 Å². The molecule has 0 aromatic carbocycles. The van der Waals surface area contributed by atoms with Crippen LogP contribution in [0.2, 0.25) is 0 Å². The van der Waals surface area contributed by atoms with Crippen LogP contribution in [-0.2, 0) is 23.7 Å². The molecule has 2 aliphatic carbocycles. The molecule has 0 N–H and O–H groups in total. The number of alkyl halides is 1. The predicted molar refractivity (Wildman–Crippen MR) is 102 cm³/mol. The van der Waals surface area contributed by atoms with Gasteiger partial charge in [0.05, 0.1) is 47.5 Å². The van der Waals surface area contributed by atoms with E-state index in [0.717, 1.165) is 31.2 Å². The molecule has 6 aliphatic rings. The molecule has 6 nitrogen and oxygen atoms in total. The molecular formula is C22H27ClO6. The fraction of sp³-hybridized carbons (Fsp3) is 0.773. The summed E-state index contributed by atoms with van der Waals surface area (Å²) >= 11 is 6.62. The lowest BCUT2D eigenvalue weighted by Crippen LogP contribution is -2.81. The van der Waals surface area contributed by atoms with E-state index in [4.69, 9.17) is 35.0 Å². The zero-order valence-electron chi connectivity index (χ0n) is 16.8. The lowest BCUT2D eigenvalue weighted by atomic mass is 9.41. The summed E-state index contributed by atoms with van der Waals surface area (Å²) in [5.41, 5.74) is -0.627. The lowest BCUT2D eigenvalue weighted by Gasteiger charge is -2.73. The average molecular weight is 423 g/mol. The van der Waals surface area contributed by atoms with Gasteiger partial charge in [-0.1, -0.05) is 13.3 Å². The minimum atomic E-state index is -1.05. The Morgan fingerprint density at radius 2 is 2.21 bits per heavy atom. The summed E-state index contributed by atoms with van der Waals surface area (Å²) in [7, 11) is 0. The Hall–Kier alpha value is -1.08. The number of carbonyl (C=O) groups excluding carboxylic acids is 1. The van der Waals surface area contributed by atoms with E-state index < -0.39 is 22.4 Å². The molecule has 2 bridgehead atoms. The second-order valence-electron chi connectivity index (χ2n) is 9.80. The Morgan fingerprint density at radius 3 is 2.97 bits per heavy atom. The zero-order chi connectivity index (χ0) is 20.1. The first-order valence-corrected chi connectivity index (χ1v) is 11.2. The van der Waals surface area contributed by atoms with Crippen molar-refractivity contribution in [1.82, 2.24) is 0 Å². The molecule has 0 amide bonds. The lowest BCUT2D eigenvalue weighted by molar-refractivity contribution is -0.542. The molecule has 158 valence electrons. The minimum absolute atomic E-state index is 0.0274. The van der Waals surface area contributed by atoms with Gasteiger partial charge in [-0.15, -0.1) is 11.6 Å². The molecule has 7 heteroatoms. The van der Waals surface area contributed by atoms with Gasteiger partial charge in [0.25, 0.3) is 5.97 Å². The highest BCUT2D eigenvalue weighted by molar-refractivity contribution is 6.18. The second-order valence-corrected chi connectivity index (χ2v) is 10.1. The molecular weight excluding hydrogens is 396 g/mol. The maximum Gasteiger partial charge on any atom is 0.313 e. The van der Waals surface area contributed by atoms with Crippen LogP contribution in [0.4, 0.5) is 0 Å². The van der Waals surface area contributed by atoms with Gasteiger partial charge in [-0.25, -0.2) is 0 Å². The number of furan rings is 1. The molecule has 5 heterocycles. The minimum Gasteiger partial charge on any atom is -0.472 e. The van der Waals surface area contributed by atoms with Crippen LogP contribution in [0.25, 0.3) is 0 Å². The van der Waals surface area contributed by atoms with Crippen LogP contribution >= 0.6 is 11.6 Å². The SMILES string of the molecule is C[C@@H]1C[C@@H]2OC3(C)OC[C@]24[C@H](CCC[C@@]4(CCl)O3)[C@@]12C[C@@H](c1ccoc1)OC2=O. The fourth-order valence-corrected chi connectivity index (χ4v) is 7.95. The number of halogens is 1. The number of fused-ring (bicyclic) bond motifs is 2. The standard InChI is InChI=1S/C22H27ClO6/c1-13-8-17-22-12-26-19(2,28-17)29-20(22,11-23)6-3-4-16(22)21(13)9-15(27-18(21)24)14-5-7-25-10-14/h5,7,10,13,15-17H,3-4,6,8-9,11-12H2,1-2H3/t13-,15+,16-,17+,19?,20+,21-,22+/m1/s1. The van der Waals surface area contributed by atoms with E-state index in [1.54, 1.807) is 12.5 Å². The summed E-state index contributed by atoms with van der Waals surface area (Å²) in [4.78, 5) is 13.6. The van der Waals surface area contributed by atoms with Crippen molar-refractivity contribution in [3.8, 4) is 0 Å². The summed E-state index contributed by atoms with van der Waals surface area (Å²) < 4.78 is 30.2. The molecule has 8 atom stereocenters. The fourth-order valence-electron chi connectivity index (χ4n) is 7.52. The van der Waals surface area contributed by atoms with E-state index in [1.807, 2.05) is 13.0 Å². The normalized spacial score (nSPS) is 53.1. The summed E-state index contributed by atoms with van der Waals surface area (Å²) in [6, 6.07) is 1.89. The summed E-state index contributed by atoms with van der Waals surface area (Å²) in [6.07, 6.45) is 7.22. The Balaban J connectivity index is 1.49. The van der Waals surface area contributed by atoms with Gasteiger partial charge in [0.15, 0.2) is 0 Å². The van der Waals surface area contributed by atoms with E-state index in [1.165, 1.54) is 0 Å². The number of cyclic esters (lactones) is 1. The van der Waals surface area contributed by atoms with Crippen molar-refractivity contribution in [2.75, 3.05) is 12.5 Å². The van der Waals surface area contributed by atoms with E-state index in [-0.39, 0.29) is 30.0 Å². The maximum atomic E-state index is 13.6. The first-order chi connectivity index (χ1) is 13.9. The predicted octanol–water partition coefficient (Wildman–Crippen LogP) is 4.18. The average Bonchev–Trinajstić information content (AvgIpc) is 3.34. The number of ether oxygens (including phenoxy) is 4. The molecule has 2 saturated carbocycles. The molecule has 6 fully saturated rings. The van der Waals surface area contributed by atoms with E-state index >= 15 is 0 Å². The number of esters is 1. The molecule has 2 spiro atoms. The van der Waals surface area contributed by atoms with Gasteiger partial charge in [-0.3, -0.25) is 4.79 Å². The number of rotatable bonds is 2. The van der Waals surface area contributed by atoms with Crippen LogP contribution in [0, 0.1) is 22.7 Å². The van der Waals surface area contributed by atoms with Crippen LogP contribution in [-0.4, -0.2) is 36.1 Å². The second kappa shape index (κ2) is 5.78. The van der Waals surface area contributed by atoms with Crippen molar-refractivity contribution in [1.29, 1.82) is 0 Å². The molecule has 1 aromatic heterocycles. The zero-order valence-corrected chi connectivity index (χ0v) is 17.6. The highest BCUT2D eigenvalue weighted by Gasteiger charge is 2.79. The molecule has 0 radical (unpaired) electrons. The van der Waals surface area contributed by atoms with Crippen molar-refractivity contribution >= 4 is 17.6 Å². The Bertz CT molecular complexity index is 842. The Labute approximate surface area is 175 Å². The van der Waals surface area contributed by atoms with E-state index in [9.17, 15) is 4.79 Å². The van der Waals surface area contributed by atoms with Crippen molar-refractivity contribution in [3.63, 3.8) is 0 Å². The number of carbonyl (C=O) groups is 1. The smallest absolute Gasteiger partial charge is 0.313 e. The first-order valence-electron chi connectivity index (χ1n) is 10.7. The van der Waals surface area contributed by atoms with Gasteiger partial charge in [0.1, 0.15) is 6.10 Å². The maximum absolute atomic E-state index is 13.6. The van der Waals surface area contributed by atoms with Crippen molar-refractivity contribution < 1.29 is 28.2 Å². The summed E-state index contributed by atoms with van der Waals surface area (Å²) in [5, 5.41) is 0. The van der Waals surface area contributed by atoms with Crippen LogP contribution in [0.5, 0.6) is 0 Å². The highest BCUT2D eigenvalue weighted by Crippen LogP contribution is 2.72. The van der Waals surface area contributed by atoms with Crippen LogP contribution in [0.3, 0.4) is 0 Å². The Morgan fingerprint density at radius 1 is 1.34 bits per heavy atom. The van der Waals surface area contributed by atoms with Gasteiger partial charge in [0.2, 0.25) is 0 Å². The van der Waals surface area contributed by atoms with Crippen molar-refractivity contribution in [3.05, 3.63) is 24.2 Å². The van der Waals surface area contributed by atoms with Crippen LogP contribution < -0.4 is 0 Å². The van der Waals surface area contributed by atoms with Gasteiger partial charge in [0, 0.05) is 18.9 Å². The number of hydrogen-bond acceptors (Lipinski definition) is 6. The van der Waals surface area contributed by atoms with Crippen LogP contribution in [0.15, 0.2) is 23.0 Å². The molecule has 1 aromatic rings. The molecule has 4 saturated heterocycles. The van der Waals surface area contributed by atoms with Gasteiger partial charge >= 0.3 is 5.97 Å². The first kappa shape index (κ1) is 18.7. The summed E-state index contributed by atoms with van der Waals surface area (Å²) in [6.45, 7) is 4.55. The van der Waals surface area contributed by atoms with Crippen molar-refractivity contribution in [2.24, 2.45) is 22.7 Å². The molecule has 1 unspecified atom stereocenters. The Kier molecular flexibility index (Phi) is 3.72. The topological polar surface area (TPSA) is 67.1 Å². The largest absolute Gasteiger partial charge is 0.472 e. The van der Waals surface area contributed by atoms with Crippen molar-refractivity contribution in [2.45, 2.75) is 69.7 Å². The number of hydrogen-bond donors (Lipinski definition) is 0. The van der Waals surface area contributed by atoms with E-state index in [2.05, 4.69) is 6.92 Å². The molecule has 29 heavy (non-hydrogen) atoms. The quantitative estimate of drug-likeness (QED) is 0.526. The van der Waals surface area contributed by atoms with Crippen LogP contribution in [0.1, 0.15) is 57.6 Å². The molecule has 7 rings (SSSR count). The molecule has 4 aliphatic heterocycles.